The topological polar surface area (TPSA) is 45.0 Å². The molecule has 0 heterocycles. The van der Waals surface area contributed by atoms with Gasteiger partial charge in [-0.25, -0.2) is 0 Å². The van der Waals surface area contributed by atoms with Crippen molar-refractivity contribution in [2.24, 2.45) is 0 Å². The Morgan fingerprint density at radius 3 is 2.48 bits per heavy atom. The molecular formula is C18H20N2O. The van der Waals surface area contributed by atoms with Gasteiger partial charge in [0.25, 0.3) is 0 Å². The zero-order valence-corrected chi connectivity index (χ0v) is 12.9. The number of nitriles is 1. The molecule has 21 heavy (non-hydrogen) atoms. The Hall–Kier alpha value is -2.47. The first kappa shape index (κ1) is 14.9. The summed E-state index contributed by atoms with van der Waals surface area (Å²) in [6.07, 6.45) is 0. The van der Waals surface area contributed by atoms with Gasteiger partial charge in [-0.1, -0.05) is 6.07 Å². The van der Waals surface area contributed by atoms with Crippen molar-refractivity contribution in [3.05, 3.63) is 53.6 Å². The van der Waals surface area contributed by atoms with E-state index in [2.05, 4.69) is 11.4 Å². The second-order valence-corrected chi connectivity index (χ2v) is 6.01. The minimum absolute atomic E-state index is 0.206. The Balaban J connectivity index is 2.19. The number of ether oxygens (including phenoxy) is 1. The molecule has 0 aliphatic heterocycles. The monoisotopic (exact) mass is 280 g/mol. The highest BCUT2D eigenvalue weighted by Crippen LogP contribution is 2.27. The van der Waals surface area contributed by atoms with Crippen molar-refractivity contribution in [1.29, 1.82) is 5.26 Å². The summed E-state index contributed by atoms with van der Waals surface area (Å²) in [5.41, 5.74) is 3.44. The maximum atomic E-state index is 8.93. The third-order valence-corrected chi connectivity index (χ3v) is 2.89. The highest BCUT2D eigenvalue weighted by atomic mass is 16.5. The molecule has 0 fully saturated rings. The van der Waals surface area contributed by atoms with Gasteiger partial charge in [0.05, 0.1) is 11.6 Å². The van der Waals surface area contributed by atoms with Crippen LogP contribution in [0.5, 0.6) is 5.75 Å². The number of nitrogens with one attached hydrogen (secondary N) is 1. The molecule has 0 unspecified atom stereocenters. The van der Waals surface area contributed by atoms with Crippen LogP contribution in [-0.2, 0) is 0 Å². The van der Waals surface area contributed by atoms with Gasteiger partial charge in [-0.2, -0.15) is 5.26 Å². The van der Waals surface area contributed by atoms with Crippen LogP contribution >= 0.6 is 0 Å². The highest BCUT2D eigenvalue weighted by Gasteiger charge is 2.12. The molecule has 2 rings (SSSR count). The first-order valence-electron chi connectivity index (χ1n) is 6.94. The average Bonchev–Trinajstić information content (AvgIpc) is 2.40. The standard InChI is InChI=1S/C18H20N2O/c1-13-10-16(21-18(2,3)4)8-9-17(13)20-15-7-5-6-14(11-15)12-19/h5-11,20H,1-4H3. The zero-order valence-electron chi connectivity index (χ0n) is 12.9. The fourth-order valence-electron chi connectivity index (χ4n) is 2.02. The van der Waals surface area contributed by atoms with Crippen molar-refractivity contribution in [3.8, 4) is 11.8 Å². The van der Waals surface area contributed by atoms with Crippen LogP contribution in [0.1, 0.15) is 31.9 Å². The molecule has 0 amide bonds. The molecule has 108 valence electrons. The first-order valence-corrected chi connectivity index (χ1v) is 6.94. The molecule has 0 radical (unpaired) electrons. The predicted molar refractivity (Wildman–Crippen MR) is 86.0 cm³/mol. The molecule has 2 aromatic rings. The van der Waals surface area contributed by atoms with Gasteiger partial charge in [-0.05, 0) is 69.7 Å². The zero-order chi connectivity index (χ0) is 15.5. The van der Waals surface area contributed by atoms with Gasteiger partial charge in [0, 0.05) is 11.4 Å². The summed E-state index contributed by atoms with van der Waals surface area (Å²) in [7, 11) is 0. The van der Waals surface area contributed by atoms with E-state index in [0.29, 0.717) is 5.56 Å². The van der Waals surface area contributed by atoms with Gasteiger partial charge in [0.2, 0.25) is 0 Å². The van der Waals surface area contributed by atoms with E-state index >= 15 is 0 Å². The van der Waals surface area contributed by atoms with Crippen molar-refractivity contribution in [1.82, 2.24) is 0 Å². The van der Waals surface area contributed by atoms with E-state index in [1.807, 2.05) is 64.1 Å². The number of aryl methyl sites for hydroxylation is 1. The molecule has 0 bridgehead atoms. The van der Waals surface area contributed by atoms with Crippen LogP contribution in [0.3, 0.4) is 0 Å². The summed E-state index contributed by atoms with van der Waals surface area (Å²) in [5, 5.41) is 12.3. The van der Waals surface area contributed by atoms with Gasteiger partial charge in [-0.3, -0.25) is 0 Å². The highest BCUT2D eigenvalue weighted by molar-refractivity contribution is 5.65. The van der Waals surface area contributed by atoms with Gasteiger partial charge in [-0.15, -0.1) is 0 Å². The van der Waals surface area contributed by atoms with E-state index in [1.54, 1.807) is 6.07 Å². The number of anilines is 2. The molecule has 0 saturated heterocycles. The number of benzene rings is 2. The summed E-state index contributed by atoms with van der Waals surface area (Å²) >= 11 is 0. The van der Waals surface area contributed by atoms with Crippen molar-refractivity contribution in [2.75, 3.05) is 5.32 Å². The summed E-state index contributed by atoms with van der Waals surface area (Å²) in [6.45, 7) is 8.12. The minimum Gasteiger partial charge on any atom is -0.488 e. The van der Waals surface area contributed by atoms with E-state index < -0.39 is 0 Å². The Morgan fingerprint density at radius 1 is 1.10 bits per heavy atom. The largest absolute Gasteiger partial charge is 0.488 e. The number of rotatable bonds is 3. The summed E-state index contributed by atoms with van der Waals surface area (Å²) < 4.78 is 5.85. The molecular weight excluding hydrogens is 260 g/mol. The lowest BCUT2D eigenvalue weighted by Gasteiger charge is -2.22. The molecule has 1 N–H and O–H groups in total. The Bertz CT molecular complexity index is 678. The second-order valence-electron chi connectivity index (χ2n) is 6.01. The Kier molecular flexibility index (Phi) is 4.18. The summed E-state index contributed by atoms with van der Waals surface area (Å²) in [4.78, 5) is 0. The van der Waals surface area contributed by atoms with Gasteiger partial charge in [0.1, 0.15) is 11.4 Å². The van der Waals surface area contributed by atoms with Crippen LogP contribution in [0.2, 0.25) is 0 Å². The van der Waals surface area contributed by atoms with Gasteiger partial charge in [0.15, 0.2) is 0 Å². The van der Waals surface area contributed by atoms with E-state index in [4.69, 9.17) is 10.00 Å². The third-order valence-electron chi connectivity index (χ3n) is 2.89. The molecule has 0 saturated carbocycles. The lowest BCUT2D eigenvalue weighted by Crippen LogP contribution is -2.22. The Labute approximate surface area is 126 Å². The molecule has 3 nitrogen and oxygen atoms in total. The second kappa shape index (κ2) is 5.88. The summed E-state index contributed by atoms with van der Waals surface area (Å²) in [6, 6.07) is 15.5. The molecule has 3 heteroatoms. The molecule has 0 aliphatic carbocycles. The smallest absolute Gasteiger partial charge is 0.120 e. The van der Waals surface area contributed by atoms with Crippen LogP contribution in [0, 0.1) is 18.3 Å². The quantitative estimate of drug-likeness (QED) is 0.879. The first-order chi connectivity index (χ1) is 9.87. The van der Waals surface area contributed by atoms with Crippen LogP contribution in [0.15, 0.2) is 42.5 Å². The molecule has 2 aromatic carbocycles. The molecule has 0 aromatic heterocycles. The van der Waals surface area contributed by atoms with Gasteiger partial charge < -0.3 is 10.1 Å². The molecule has 0 aliphatic rings. The van der Waals surface area contributed by atoms with Crippen LogP contribution in [0.4, 0.5) is 11.4 Å². The number of hydrogen-bond acceptors (Lipinski definition) is 3. The van der Waals surface area contributed by atoms with Crippen molar-refractivity contribution in [2.45, 2.75) is 33.3 Å². The van der Waals surface area contributed by atoms with E-state index in [1.165, 1.54) is 0 Å². The Morgan fingerprint density at radius 2 is 1.86 bits per heavy atom. The lowest BCUT2D eigenvalue weighted by atomic mass is 10.1. The fraction of sp³-hybridized carbons (Fsp3) is 0.278. The average molecular weight is 280 g/mol. The van der Waals surface area contributed by atoms with E-state index in [-0.39, 0.29) is 5.60 Å². The van der Waals surface area contributed by atoms with Crippen molar-refractivity contribution in [3.63, 3.8) is 0 Å². The van der Waals surface area contributed by atoms with Crippen LogP contribution in [-0.4, -0.2) is 5.60 Å². The lowest BCUT2D eigenvalue weighted by molar-refractivity contribution is 0.131. The summed E-state index contributed by atoms with van der Waals surface area (Å²) in [5.74, 6) is 0.858. The number of nitrogens with zero attached hydrogens (tertiary/aromatic N) is 1. The minimum atomic E-state index is -0.206. The number of hydrogen-bond donors (Lipinski definition) is 1. The van der Waals surface area contributed by atoms with Crippen LogP contribution in [0.25, 0.3) is 0 Å². The predicted octanol–water partition coefficient (Wildman–Crippen LogP) is 4.79. The van der Waals surface area contributed by atoms with E-state index in [9.17, 15) is 0 Å². The SMILES string of the molecule is Cc1cc(OC(C)(C)C)ccc1Nc1cccc(C#N)c1. The van der Waals surface area contributed by atoms with Crippen molar-refractivity contribution >= 4 is 11.4 Å². The maximum absolute atomic E-state index is 8.93. The van der Waals surface area contributed by atoms with E-state index in [0.717, 1.165) is 22.7 Å². The normalized spacial score (nSPS) is 10.8. The van der Waals surface area contributed by atoms with Crippen LogP contribution < -0.4 is 10.1 Å². The molecule has 0 atom stereocenters. The molecule has 0 spiro atoms. The van der Waals surface area contributed by atoms with Crippen molar-refractivity contribution < 1.29 is 4.74 Å². The maximum Gasteiger partial charge on any atom is 0.120 e. The van der Waals surface area contributed by atoms with Gasteiger partial charge >= 0.3 is 0 Å². The fourth-order valence-corrected chi connectivity index (χ4v) is 2.02. The third kappa shape index (κ3) is 4.25.